The lowest BCUT2D eigenvalue weighted by molar-refractivity contribution is -0.384. The van der Waals surface area contributed by atoms with Crippen molar-refractivity contribution >= 4 is 40.5 Å². The van der Waals surface area contributed by atoms with Crippen molar-refractivity contribution in [3.05, 3.63) is 93.5 Å². The summed E-state index contributed by atoms with van der Waals surface area (Å²) in [4.78, 5) is 45.1. The van der Waals surface area contributed by atoms with Crippen LogP contribution >= 0.6 is 11.6 Å². The van der Waals surface area contributed by atoms with Crippen LogP contribution in [-0.4, -0.2) is 30.0 Å². The summed E-state index contributed by atoms with van der Waals surface area (Å²) in [6, 6.07) is 18.6. The number of amides is 2. The molecule has 0 spiro atoms. The number of nitro benzene ring substituents is 1. The van der Waals surface area contributed by atoms with Crippen molar-refractivity contribution in [1.82, 2.24) is 0 Å². The van der Waals surface area contributed by atoms with Gasteiger partial charge in [-0.15, -0.1) is 0 Å². The number of nitrogens with zero attached hydrogens (tertiary/aromatic N) is 3. The Morgan fingerprint density at radius 2 is 1.71 bits per heavy atom. The third-order valence-electron chi connectivity index (χ3n) is 5.95. The Morgan fingerprint density at radius 3 is 2.41 bits per heavy atom. The molecule has 0 aromatic heterocycles. The van der Waals surface area contributed by atoms with Gasteiger partial charge in [0.15, 0.2) is 6.10 Å². The zero-order valence-electron chi connectivity index (χ0n) is 17.8. The fourth-order valence-corrected chi connectivity index (χ4v) is 4.63. The van der Waals surface area contributed by atoms with Crippen LogP contribution in [0.25, 0.3) is 0 Å². The zero-order chi connectivity index (χ0) is 24.0. The quantitative estimate of drug-likeness (QED) is 0.305. The normalized spacial score (nSPS) is 21.6. The van der Waals surface area contributed by atoms with Crippen LogP contribution in [0.3, 0.4) is 0 Å². The number of hydrogen-bond donors (Lipinski definition) is 0. The standard InChI is InChI=1S/C24H18ClN3O6/c1-33-17-9-5-8-15(12-17)26-23(29)20-21(18-13-16(28(31)32)10-11-19(18)25)27(34-22(20)24(26)30)14-6-3-2-4-7-14/h2-13,20-22H,1H3/t20-,21+,22+/m0/s1. The fraction of sp³-hybridized carbons (Fsp3) is 0.167. The lowest BCUT2D eigenvalue weighted by Crippen LogP contribution is -2.37. The first kappa shape index (κ1) is 21.9. The number of ether oxygens (including phenoxy) is 1. The number of benzene rings is 3. The van der Waals surface area contributed by atoms with Crippen LogP contribution in [-0.2, 0) is 14.4 Å². The molecule has 172 valence electrons. The second-order valence-electron chi connectivity index (χ2n) is 7.83. The highest BCUT2D eigenvalue weighted by atomic mass is 35.5. The molecule has 3 atom stereocenters. The molecular weight excluding hydrogens is 462 g/mol. The van der Waals surface area contributed by atoms with Gasteiger partial charge >= 0.3 is 0 Å². The van der Waals surface area contributed by atoms with E-state index in [0.29, 0.717) is 22.7 Å². The maximum absolute atomic E-state index is 13.7. The Labute approximate surface area is 199 Å². The molecule has 0 saturated carbocycles. The van der Waals surface area contributed by atoms with Gasteiger partial charge in [0.25, 0.3) is 11.6 Å². The molecule has 0 unspecified atom stereocenters. The Hall–Kier alpha value is -3.95. The number of hydrogen-bond acceptors (Lipinski definition) is 7. The molecule has 2 aliphatic rings. The number of non-ortho nitro benzene ring substituents is 1. The number of nitro groups is 1. The van der Waals surface area contributed by atoms with Gasteiger partial charge in [0.05, 0.1) is 29.4 Å². The minimum atomic E-state index is -1.13. The number of anilines is 2. The molecule has 2 fully saturated rings. The van der Waals surface area contributed by atoms with E-state index < -0.39 is 34.8 Å². The molecule has 0 aliphatic carbocycles. The topological polar surface area (TPSA) is 102 Å². The van der Waals surface area contributed by atoms with E-state index in [2.05, 4.69) is 0 Å². The van der Waals surface area contributed by atoms with Gasteiger partial charge in [0.2, 0.25) is 5.91 Å². The van der Waals surface area contributed by atoms with Crippen molar-refractivity contribution in [1.29, 1.82) is 0 Å². The van der Waals surface area contributed by atoms with Crippen LogP contribution < -0.4 is 14.7 Å². The molecule has 2 heterocycles. The van der Waals surface area contributed by atoms with Gasteiger partial charge in [-0.25, -0.2) is 9.96 Å². The third kappa shape index (κ3) is 3.46. The van der Waals surface area contributed by atoms with E-state index in [1.807, 2.05) is 6.07 Å². The number of methoxy groups -OCH3 is 1. The van der Waals surface area contributed by atoms with E-state index in [9.17, 15) is 19.7 Å². The molecule has 9 nitrogen and oxygen atoms in total. The Bertz CT molecular complexity index is 1300. The second kappa shape index (κ2) is 8.44. The van der Waals surface area contributed by atoms with Crippen LogP contribution in [0.4, 0.5) is 17.1 Å². The average Bonchev–Trinajstić information content (AvgIpc) is 3.35. The van der Waals surface area contributed by atoms with Gasteiger partial charge < -0.3 is 4.74 Å². The van der Waals surface area contributed by atoms with Gasteiger partial charge in [0.1, 0.15) is 11.7 Å². The first-order valence-electron chi connectivity index (χ1n) is 10.4. The Balaban J connectivity index is 1.63. The van der Waals surface area contributed by atoms with Crippen LogP contribution in [0.2, 0.25) is 5.02 Å². The smallest absolute Gasteiger partial charge is 0.269 e. The number of carbonyl (C=O) groups excluding carboxylic acids is 2. The molecule has 2 amide bonds. The third-order valence-corrected chi connectivity index (χ3v) is 6.29. The van der Waals surface area contributed by atoms with Crippen molar-refractivity contribution < 1.29 is 24.1 Å². The van der Waals surface area contributed by atoms with Crippen LogP contribution in [0.5, 0.6) is 5.75 Å². The van der Waals surface area contributed by atoms with Gasteiger partial charge in [-0.3, -0.25) is 24.5 Å². The van der Waals surface area contributed by atoms with E-state index in [0.717, 1.165) is 4.90 Å². The van der Waals surface area contributed by atoms with Crippen molar-refractivity contribution in [2.24, 2.45) is 5.92 Å². The monoisotopic (exact) mass is 479 g/mol. The Morgan fingerprint density at radius 1 is 0.971 bits per heavy atom. The highest BCUT2D eigenvalue weighted by Gasteiger charge is 2.60. The van der Waals surface area contributed by atoms with E-state index in [1.54, 1.807) is 48.5 Å². The molecular formula is C24H18ClN3O6. The Kier molecular flexibility index (Phi) is 5.43. The number of halogens is 1. The van der Waals surface area contributed by atoms with Crippen molar-refractivity contribution in [2.75, 3.05) is 17.1 Å². The highest BCUT2D eigenvalue weighted by molar-refractivity contribution is 6.31. The van der Waals surface area contributed by atoms with Crippen LogP contribution in [0.1, 0.15) is 11.6 Å². The number of para-hydroxylation sites is 1. The van der Waals surface area contributed by atoms with Gasteiger partial charge in [-0.1, -0.05) is 35.9 Å². The van der Waals surface area contributed by atoms with E-state index in [4.69, 9.17) is 21.2 Å². The van der Waals surface area contributed by atoms with E-state index in [-0.39, 0.29) is 10.7 Å². The molecule has 2 aliphatic heterocycles. The molecule has 0 N–H and O–H groups in total. The molecule has 2 saturated heterocycles. The summed E-state index contributed by atoms with van der Waals surface area (Å²) in [6.45, 7) is 0. The van der Waals surface area contributed by atoms with Crippen molar-refractivity contribution in [3.8, 4) is 5.75 Å². The minimum absolute atomic E-state index is 0.183. The first-order valence-corrected chi connectivity index (χ1v) is 10.8. The second-order valence-corrected chi connectivity index (χ2v) is 8.24. The highest BCUT2D eigenvalue weighted by Crippen LogP contribution is 2.49. The molecule has 0 radical (unpaired) electrons. The lowest BCUT2D eigenvalue weighted by Gasteiger charge is -2.29. The predicted octanol–water partition coefficient (Wildman–Crippen LogP) is 4.31. The molecule has 0 bridgehead atoms. The number of hydroxylamine groups is 1. The van der Waals surface area contributed by atoms with Crippen molar-refractivity contribution in [2.45, 2.75) is 12.1 Å². The van der Waals surface area contributed by atoms with Crippen molar-refractivity contribution in [3.63, 3.8) is 0 Å². The van der Waals surface area contributed by atoms with Crippen LogP contribution in [0, 0.1) is 16.0 Å². The maximum Gasteiger partial charge on any atom is 0.269 e. The molecule has 5 rings (SSSR count). The minimum Gasteiger partial charge on any atom is -0.497 e. The number of carbonyl (C=O) groups is 2. The first-order chi connectivity index (χ1) is 16.4. The summed E-state index contributed by atoms with van der Waals surface area (Å²) in [5, 5.41) is 13.1. The molecule has 3 aromatic carbocycles. The lowest BCUT2D eigenvalue weighted by atomic mass is 9.90. The summed E-state index contributed by atoms with van der Waals surface area (Å²) in [6.07, 6.45) is -1.13. The number of fused-ring (bicyclic) bond motifs is 1. The number of rotatable bonds is 5. The van der Waals surface area contributed by atoms with Gasteiger partial charge in [-0.05, 0) is 30.3 Å². The zero-order valence-corrected chi connectivity index (χ0v) is 18.6. The number of imide groups is 1. The summed E-state index contributed by atoms with van der Waals surface area (Å²) in [5.41, 5.74) is 1.07. The van der Waals surface area contributed by atoms with Gasteiger partial charge in [-0.2, -0.15) is 0 Å². The van der Waals surface area contributed by atoms with E-state index in [1.165, 1.54) is 30.4 Å². The molecule has 10 heteroatoms. The SMILES string of the molecule is COc1cccc(N2C(=O)[C@H]3[C@@H](c4cc([N+](=O)[O-])ccc4Cl)N(c4ccccc4)O[C@H]3C2=O)c1. The summed E-state index contributed by atoms with van der Waals surface area (Å²) in [7, 11) is 1.49. The predicted molar refractivity (Wildman–Crippen MR) is 124 cm³/mol. The van der Waals surface area contributed by atoms with Crippen LogP contribution in [0.15, 0.2) is 72.8 Å². The largest absolute Gasteiger partial charge is 0.497 e. The summed E-state index contributed by atoms with van der Waals surface area (Å²) in [5.74, 6) is -1.51. The fourth-order valence-electron chi connectivity index (χ4n) is 4.40. The molecule has 3 aromatic rings. The maximum atomic E-state index is 13.7. The molecule has 34 heavy (non-hydrogen) atoms. The van der Waals surface area contributed by atoms with Gasteiger partial charge in [0, 0.05) is 28.8 Å². The summed E-state index contributed by atoms with van der Waals surface area (Å²) < 4.78 is 5.23. The summed E-state index contributed by atoms with van der Waals surface area (Å²) >= 11 is 6.47. The van der Waals surface area contributed by atoms with E-state index >= 15 is 0 Å². The average molecular weight is 480 g/mol.